The Balaban J connectivity index is 3.63. The van der Waals surface area contributed by atoms with Gasteiger partial charge in [-0.25, -0.2) is 4.79 Å². The molecule has 0 fully saturated rings. The molecular formula is C9H10N2O4. The summed E-state index contributed by atoms with van der Waals surface area (Å²) in [6.07, 6.45) is 0. The first-order valence-electron chi connectivity index (χ1n) is 4.13. The standard InChI is InChI=1S/C9H10N2O4/c1-4-3-6(11(14)15)5(2)7(8(4)10)9(12)13/h3H,10H2,1-2H3,(H,12,13). The molecule has 1 rings (SSSR count). The average molecular weight is 210 g/mol. The van der Waals surface area contributed by atoms with Gasteiger partial charge in [-0.15, -0.1) is 0 Å². The molecule has 15 heavy (non-hydrogen) atoms. The van der Waals surface area contributed by atoms with Crippen molar-refractivity contribution in [3.8, 4) is 0 Å². The smallest absolute Gasteiger partial charge is 0.338 e. The number of nitrogen functional groups attached to an aromatic ring is 1. The van der Waals surface area contributed by atoms with E-state index in [2.05, 4.69) is 0 Å². The highest BCUT2D eigenvalue weighted by molar-refractivity contribution is 5.97. The van der Waals surface area contributed by atoms with E-state index in [-0.39, 0.29) is 22.5 Å². The van der Waals surface area contributed by atoms with Crippen molar-refractivity contribution in [1.29, 1.82) is 0 Å². The summed E-state index contributed by atoms with van der Waals surface area (Å²) in [7, 11) is 0. The van der Waals surface area contributed by atoms with Crippen LogP contribution < -0.4 is 5.73 Å². The van der Waals surface area contributed by atoms with Gasteiger partial charge in [0.15, 0.2) is 0 Å². The molecule has 0 bridgehead atoms. The quantitative estimate of drug-likeness (QED) is 0.437. The van der Waals surface area contributed by atoms with Gasteiger partial charge in [-0.1, -0.05) is 0 Å². The SMILES string of the molecule is Cc1cc([N+](=O)[O-])c(C)c(C(=O)O)c1N. The van der Waals surface area contributed by atoms with Crippen molar-refractivity contribution in [2.75, 3.05) is 5.73 Å². The van der Waals surface area contributed by atoms with Crippen molar-refractivity contribution in [2.24, 2.45) is 0 Å². The Morgan fingerprint density at radius 1 is 1.53 bits per heavy atom. The van der Waals surface area contributed by atoms with Gasteiger partial charge in [-0.2, -0.15) is 0 Å². The molecule has 0 aliphatic heterocycles. The molecule has 0 heterocycles. The highest BCUT2D eigenvalue weighted by atomic mass is 16.6. The number of aromatic carboxylic acids is 1. The van der Waals surface area contributed by atoms with Gasteiger partial charge in [0.05, 0.1) is 10.5 Å². The van der Waals surface area contributed by atoms with Crippen LogP contribution in [0.5, 0.6) is 0 Å². The Bertz CT molecular complexity index is 454. The monoisotopic (exact) mass is 210 g/mol. The van der Waals surface area contributed by atoms with Gasteiger partial charge >= 0.3 is 5.97 Å². The molecule has 6 nitrogen and oxygen atoms in total. The lowest BCUT2D eigenvalue weighted by molar-refractivity contribution is -0.385. The summed E-state index contributed by atoms with van der Waals surface area (Å²) >= 11 is 0. The molecule has 6 heteroatoms. The third-order valence-corrected chi connectivity index (χ3v) is 2.22. The number of anilines is 1. The number of nitrogens with zero attached hydrogens (tertiary/aromatic N) is 1. The highest BCUT2D eigenvalue weighted by Crippen LogP contribution is 2.29. The molecule has 0 aliphatic rings. The molecule has 0 amide bonds. The minimum Gasteiger partial charge on any atom is -0.478 e. The van der Waals surface area contributed by atoms with Gasteiger partial charge in [-0.05, 0) is 19.4 Å². The minimum absolute atomic E-state index is 0.0746. The molecule has 80 valence electrons. The number of carboxylic acids is 1. The largest absolute Gasteiger partial charge is 0.478 e. The van der Waals surface area contributed by atoms with E-state index >= 15 is 0 Å². The average Bonchev–Trinajstić information content (AvgIpc) is 2.10. The van der Waals surface area contributed by atoms with Gasteiger partial charge in [-0.3, -0.25) is 10.1 Å². The predicted octanol–water partition coefficient (Wildman–Crippen LogP) is 1.49. The first-order chi connectivity index (χ1) is 6.86. The fraction of sp³-hybridized carbons (Fsp3) is 0.222. The van der Waals surface area contributed by atoms with Crippen LogP contribution in [0.25, 0.3) is 0 Å². The highest BCUT2D eigenvalue weighted by Gasteiger charge is 2.22. The Hall–Kier alpha value is -2.11. The Labute approximate surface area is 85.5 Å². The Morgan fingerprint density at radius 3 is 2.47 bits per heavy atom. The molecule has 0 aromatic heterocycles. The van der Waals surface area contributed by atoms with E-state index in [1.165, 1.54) is 19.9 Å². The van der Waals surface area contributed by atoms with Crippen molar-refractivity contribution < 1.29 is 14.8 Å². The van der Waals surface area contributed by atoms with Crippen LogP contribution in [0.4, 0.5) is 11.4 Å². The van der Waals surface area contributed by atoms with Gasteiger partial charge in [0.1, 0.15) is 0 Å². The molecule has 0 spiro atoms. The van der Waals surface area contributed by atoms with Crippen molar-refractivity contribution >= 4 is 17.3 Å². The summed E-state index contributed by atoms with van der Waals surface area (Å²) in [6, 6.07) is 1.27. The molecule has 0 aliphatic carbocycles. The van der Waals surface area contributed by atoms with Crippen LogP contribution in [0.1, 0.15) is 21.5 Å². The van der Waals surface area contributed by atoms with Gasteiger partial charge in [0.25, 0.3) is 5.69 Å². The summed E-state index contributed by atoms with van der Waals surface area (Å²) in [4.78, 5) is 20.9. The maximum Gasteiger partial charge on any atom is 0.338 e. The van der Waals surface area contributed by atoms with Crippen molar-refractivity contribution in [3.05, 3.63) is 32.9 Å². The third kappa shape index (κ3) is 1.74. The van der Waals surface area contributed by atoms with Crippen LogP contribution in [0.15, 0.2) is 6.07 Å². The molecular weight excluding hydrogens is 200 g/mol. The lowest BCUT2D eigenvalue weighted by atomic mass is 10.0. The van der Waals surface area contributed by atoms with E-state index in [4.69, 9.17) is 10.8 Å². The molecule has 3 N–H and O–H groups in total. The van der Waals surface area contributed by atoms with Crippen LogP contribution in [0.2, 0.25) is 0 Å². The maximum absolute atomic E-state index is 10.9. The number of nitrogens with two attached hydrogens (primary N) is 1. The van der Waals surface area contributed by atoms with Crippen LogP contribution >= 0.6 is 0 Å². The summed E-state index contributed by atoms with van der Waals surface area (Å²) in [5, 5.41) is 19.5. The Morgan fingerprint density at radius 2 is 2.07 bits per heavy atom. The molecule has 0 unspecified atom stereocenters. The zero-order valence-electron chi connectivity index (χ0n) is 8.27. The molecule has 0 radical (unpaired) electrons. The van der Waals surface area contributed by atoms with Crippen LogP contribution in [-0.2, 0) is 0 Å². The van der Waals surface area contributed by atoms with E-state index in [1.54, 1.807) is 0 Å². The van der Waals surface area contributed by atoms with Gasteiger partial charge in [0, 0.05) is 17.3 Å². The normalized spacial score (nSPS) is 10.0. The van der Waals surface area contributed by atoms with Crippen LogP contribution in [0, 0.1) is 24.0 Å². The van der Waals surface area contributed by atoms with E-state index in [0.717, 1.165) is 0 Å². The molecule has 0 atom stereocenters. The lowest BCUT2D eigenvalue weighted by Gasteiger charge is -2.08. The fourth-order valence-electron chi connectivity index (χ4n) is 1.38. The van der Waals surface area contributed by atoms with Crippen LogP contribution in [-0.4, -0.2) is 16.0 Å². The number of nitro benzene ring substituents is 1. The van der Waals surface area contributed by atoms with Crippen molar-refractivity contribution in [2.45, 2.75) is 13.8 Å². The number of hydrogen-bond acceptors (Lipinski definition) is 4. The summed E-state index contributed by atoms with van der Waals surface area (Å²) in [6.45, 7) is 2.91. The number of hydrogen-bond donors (Lipinski definition) is 2. The molecule has 0 saturated heterocycles. The second kappa shape index (κ2) is 3.56. The summed E-state index contributed by atoms with van der Waals surface area (Å²) in [5.74, 6) is -1.25. The second-order valence-corrected chi connectivity index (χ2v) is 3.19. The predicted molar refractivity (Wildman–Crippen MR) is 53.9 cm³/mol. The van der Waals surface area contributed by atoms with E-state index in [9.17, 15) is 14.9 Å². The van der Waals surface area contributed by atoms with E-state index < -0.39 is 10.9 Å². The number of carboxylic acid groups (broad SMARTS) is 1. The van der Waals surface area contributed by atoms with Gasteiger partial charge in [0.2, 0.25) is 0 Å². The third-order valence-electron chi connectivity index (χ3n) is 2.22. The zero-order valence-corrected chi connectivity index (χ0v) is 8.27. The topological polar surface area (TPSA) is 106 Å². The minimum atomic E-state index is -1.25. The molecule has 1 aromatic rings. The van der Waals surface area contributed by atoms with Crippen molar-refractivity contribution in [3.63, 3.8) is 0 Å². The fourth-order valence-corrected chi connectivity index (χ4v) is 1.38. The summed E-state index contributed by atoms with van der Waals surface area (Å²) in [5.41, 5.74) is 5.68. The van der Waals surface area contributed by atoms with Gasteiger partial charge < -0.3 is 10.8 Å². The Kier molecular flexibility index (Phi) is 2.61. The number of carbonyl (C=O) groups is 1. The van der Waals surface area contributed by atoms with Crippen LogP contribution in [0.3, 0.4) is 0 Å². The number of aryl methyl sites for hydroxylation is 1. The maximum atomic E-state index is 10.9. The number of benzene rings is 1. The first-order valence-corrected chi connectivity index (χ1v) is 4.13. The molecule has 0 saturated carbocycles. The van der Waals surface area contributed by atoms with E-state index in [1.807, 2.05) is 0 Å². The number of nitro groups is 1. The lowest BCUT2D eigenvalue weighted by Crippen LogP contribution is -2.09. The first kappa shape index (κ1) is 11.0. The second-order valence-electron chi connectivity index (χ2n) is 3.19. The van der Waals surface area contributed by atoms with Crippen molar-refractivity contribution in [1.82, 2.24) is 0 Å². The molecule has 1 aromatic carbocycles. The number of rotatable bonds is 2. The van der Waals surface area contributed by atoms with E-state index in [0.29, 0.717) is 5.56 Å². The zero-order chi connectivity index (χ0) is 11.7. The summed E-state index contributed by atoms with van der Waals surface area (Å²) < 4.78 is 0.